The number of H-pyrrole nitrogens is 1. The molecule has 3 aromatic heterocycles. The molecule has 0 fully saturated rings. The van der Waals surface area contributed by atoms with Gasteiger partial charge in [-0.05, 0) is 62.7 Å². The average Bonchev–Trinajstić information content (AvgIpc) is 3.42. The van der Waals surface area contributed by atoms with E-state index in [9.17, 15) is 4.79 Å². The first-order valence-electron chi connectivity index (χ1n) is 9.63. The van der Waals surface area contributed by atoms with Gasteiger partial charge in [0, 0.05) is 17.5 Å². The van der Waals surface area contributed by atoms with Crippen molar-refractivity contribution in [2.24, 2.45) is 0 Å². The predicted octanol–water partition coefficient (Wildman–Crippen LogP) is 4.51. The highest BCUT2D eigenvalue weighted by molar-refractivity contribution is 5.92. The summed E-state index contributed by atoms with van der Waals surface area (Å²) in [5.41, 5.74) is 5.08. The summed E-state index contributed by atoms with van der Waals surface area (Å²) >= 11 is 0. The number of benzene rings is 1. The summed E-state index contributed by atoms with van der Waals surface area (Å²) < 4.78 is 7.62. The second kappa shape index (κ2) is 7.83. The minimum atomic E-state index is -0.217. The zero-order chi connectivity index (χ0) is 20.4. The monoisotopic (exact) mass is 388 g/mol. The van der Waals surface area contributed by atoms with Gasteiger partial charge in [-0.1, -0.05) is 12.1 Å². The van der Waals surface area contributed by atoms with Crippen LogP contribution in [0.4, 0.5) is 0 Å². The molecule has 1 atom stereocenters. The first-order valence-corrected chi connectivity index (χ1v) is 9.63. The van der Waals surface area contributed by atoms with Crippen LogP contribution in [0.15, 0.2) is 59.2 Å². The van der Waals surface area contributed by atoms with E-state index in [0.717, 1.165) is 39.6 Å². The number of carbonyl (C=O) groups is 1. The topological polar surface area (TPSA) is 75.8 Å². The highest BCUT2D eigenvalue weighted by atomic mass is 16.3. The third kappa shape index (κ3) is 4.01. The molecule has 0 aliphatic rings. The van der Waals surface area contributed by atoms with E-state index in [1.807, 2.05) is 56.3 Å². The SMILES string of the molecule is Cc1cc(/C=C/C(=O)NC(C)c2nc3ccccc3[nH]2)c(C)n1Cc1ccco1. The van der Waals surface area contributed by atoms with Crippen molar-refractivity contribution < 1.29 is 9.21 Å². The van der Waals surface area contributed by atoms with Crippen LogP contribution in [0.25, 0.3) is 17.1 Å². The lowest BCUT2D eigenvalue weighted by Crippen LogP contribution is -2.25. The Bertz CT molecular complexity index is 1130. The Morgan fingerprint density at radius 3 is 2.86 bits per heavy atom. The van der Waals surface area contributed by atoms with E-state index in [1.165, 1.54) is 0 Å². The molecule has 1 aromatic carbocycles. The van der Waals surface area contributed by atoms with Crippen molar-refractivity contribution in [3.63, 3.8) is 0 Å². The van der Waals surface area contributed by atoms with Crippen molar-refractivity contribution in [1.29, 1.82) is 0 Å². The fraction of sp³-hybridized carbons (Fsp3) is 0.217. The molecule has 6 heteroatoms. The lowest BCUT2D eigenvalue weighted by atomic mass is 10.2. The van der Waals surface area contributed by atoms with Crippen LogP contribution >= 0.6 is 0 Å². The summed E-state index contributed by atoms with van der Waals surface area (Å²) in [7, 11) is 0. The number of amides is 1. The van der Waals surface area contributed by atoms with Crippen molar-refractivity contribution in [3.05, 3.63) is 83.3 Å². The number of fused-ring (bicyclic) bond motifs is 1. The normalized spacial score (nSPS) is 12.7. The number of rotatable bonds is 6. The van der Waals surface area contributed by atoms with Gasteiger partial charge in [-0.3, -0.25) is 4.79 Å². The molecule has 0 aliphatic carbocycles. The standard InChI is InChI=1S/C23H24N4O2/c1-15-13-18(17(3)27(15)14-19-7-6-12-29-19)10-11-22(28)24-16(2)23-25-20-8-4-5-9-21(20)26-23/h4-13,16H,14H2,1-3H3,(H,24,28)(H,25,26)/b11-10+. The van der Waals surface area contributed by atoms with E-state index in [4.69, 9.17) is 4.42 Å². The van der Waals surface area contributed by atoms with Crippen molar-refractivity contribution >= 4 is 23.0 Å². The van der Waals surface area contributed by atoms with Crippen molar-refractivity contribution in [1.82, 2.24) is 19.9 Å². The number of hydrogen-bond acceptors (Lipinski definition) is 3. The average molecular weight is 388 g/mol. The van der Waals surface area contributed by atoms with Crippen LogP contribution in [0.3, 0.4) is 0 Å². The number of para-hydroxylation sites is 2. The quantitative estimate of drug-likeness (QED) is 0.477. The minimum Gasteiger partial charge on any atom is -0.467 e. The molecule has 0 radical (unpaired) electrons. The number of aryl methyl sites for hydroxylation is 1. The van der Waals surface area contributed by atoms with E-state index in [2.05, 4.69) is 32.8 Å². The number of hydrogen-bond donors (Lipinski definition) is 2. The van der Waals surface area contributed by atoms with Gasteiger partial charge in [0.15, 0.2) is 0 Å². The Balaban J connectivity index is 1.44. The van der Waals surface area contributed by atoms with Gasteiger partial charge in [0.05, 0.1) is 29.9 Å². The van der Waals surface area contributed by atoms with Gasteiger partial charge < -0.3 is 19.3 Å². The molecular formula is C23H24N4O2. The number of nitrogens with one attached hydrogen (secondary N) is 2. The zero-order valence-electron chi connectivity index (χ0n) is 16.8. The van der Waals surface area contributed by atoms with E-state index < -0.39 is 0 Å². The number of aromatic amines is 1. The third-order valence-corrected chi connectivity index (χ3v) is 5.10. The van der Waals surface area contributed by atoms with Crippen molar-refractivity contribution in [2.45, 2.75) is 33.4 Å². The Labute approximate surface area is 169 Å². The smallest absolute Gasteiger partial charge is 0.244 e. The van der Waals surface area contributed by atoms with Gasteiger partial charge in [0.2, 0.25) is 5.91 Å². The Morgan fingerprint density at radius 2 is 2.10 bits per heavy atom. The van der Waals surface area contributed by atoms with Gasteiger partial charge in [-0.25, -0.2) is 4.98 Å². The number of imidazole rings is 1. The number of aromatic nitrogens is 3. The van der Waals surface area contributed by atoms with Crippen LogP contribution in [-0.4, -0.2) is 20.4 Å². The van der Waals surface area contributed by atoms with Gasteiger partial charge in [-0.2, -0.15) is 0 Å². The molecule has 0 spiro atoms. The maximum absolute atomic E-state index is 12.4. The number of carbonyl (C=O) groups excluding carboxylic acids is 1. The van der Waals surface area contributed by atoms with Crippen LogP contribution in [0, 0.1) is 13.8 Å². The molecule has 4 aromatic rings. The second-order valence-electron chi connectivity index (χ2n) is 7.19. The van der Waals surface area contributed by atoms with Gasteiger partial charge >= 0.3 is 0 Å². The maximum atomic E-state index is 12.4. The summed E-state index contributed by atoms with van der Waals surface area (Å²) in [5, 5.41) is 2.96. The van der Waals surface area contributed by atoms with Gasteiger partial charge in [-0.15, -0.1) is 0 Å². The van der Waals surface area contributed by atoms with E-state index in [-0.39, 0.29) is 11.9 Å². The predicted molar refractivity (Wildman–Crippen MR) is 113 cm³/mol. The first-order chi connectivity index (χ1) is 14.0. The Kier molecular flexibility index (Phi) is 5.08. The van der Waals surface area contributed by atoms with Crippen LogP contribution in [-0.2, 0) is 11.3 Å². The molecule has 3 heterocycles. The summed E-state index contributed by atoms with van der Waals surface area (Å²) in [6.07, 6.45) is 5.09. The van der Waals surface area contributed by atoms with Crippen molar-refractivity contribution in [3.8, 4) is 0 Å². The maximum Gasteiger partial charge on any atom is 0.244 e. The molecule has 1 amide bonds. The van der Waals surface area contributed by atoms with E-state index >= 15 is 0 Å². The zero-order valence-corrected chi connectivity index (χ0v) is 16.8. The molecular weight excluding hydrogens is 364 g/mol. The third-order valence-electron chi connectivity index (χ3n) is 5.10. The molecule has 0 bridgehead atoms. The van der Waals surface area contributed by atoms with Gasteiger partial charge in [0.1, 0.15) is 11.6 Å². The second-order valence-corrected chi connectivity index (χ2v) is 7.19. The molecule has 6 nitrogen and oxygen atoms in total. The summed E-state index contributed by atoms with van der Waals surface area (Å²) in [5.74, 6) is 1.48. The Hall–Kier alpha value is -3.54. The van der Waals surface area contributed by atoms with E-state index in [1.54, 1.807) is 12.3 Å². The fourth-order valence-corrected chi connectivity index (χ4v) is 3.47. The summed E-state index contributed by atoms with van der Waals surface area (Å²) in [4.78, 5) is 20.2. The molecule has 1 unspecified atom stereocenters. The molecule has 2 N–H and O–H groups in total. The minimum absolute atomic E-state index is 0.159. The van der Waals surface area contributed by atoms with Crippen LogP contribution in [0.1, 0.15) is 41.5 Å². The number of furan rings is 1. The molecule has 0 saturated carbocycles. The van der Waals surface area contributed by atoms with Crippen LogP contribution in [0.5, 0.6) is 0 Å². The molecule has 0 aliphatic heterocycles. The summed E-state index contributed by atoms with van der Waals surface area (Å²) in [6, 6.07) is 13.5. The fourth-order valence-electron chi connectivity index (χ4n) is 3.47. The van der Waals surface area contributed by atoms with Crippen LogP contribution in [0.2, 0.25) is 0 Å². The highest BCUT2D eigenvalue weighted by Gasteiger charge is 2.13. The lowest BCUT2D eigenvalue weighted by Gasteiger charge is -2.09. The highest BCUT2D eigenvalue weighted by Crippen LogP contribution is 2.19. The molecule has 148 valence electrons. The molecule has 0 saturated heterocycles. The lowest BCUT2D eigenvalue weighted by molar-refractivity contribution is -0.117. The molecule has 4 rings (SSSR count). The van der Waals surface area contributed by atoms with Gasteiger partial charge in [0.25, 0.3) is 0 Å². The number of nitrogens with zero attached hydrogens (tertiary/aromatic N) is 2. The molecule has 29 heavy (non-hydrogen) atoms. The first kappa shape index (κ1) is 18.8. The largest absolute Gasteiger partial charge is 0.467 e. The summed E-state index contributed by atoms with van der Waals surface area (Å²) in [6.45, 7) is 6.69. The van der Waals surface area contributed by atoms with E-state index in [0.29, 0.717) is 6.54 Å². The van der Waals surface area contributed by atoms with Crippen molar-refractivity contribution in [2.75, 3.05) is 0 Å². The van der Waals surface area contributed by atoms with Crippen LogP contribution < -0.4 is 5.32 Å². The Morgan fingerprint density at radius 1 is 1.28 bits per heavy atom.